The SMILES string of the molecule is COc1ccc(C2(C(=O)N3CSC[C@@H]3C(C)=O)CCCC2)cc1. The number of thioether (sulfide) groups is 1. The molecule has 3 rings (SSSR count). The van der Waals surface area contributed by atoms with E-state index in [9.17, 15) is 9.59 Å². The maximum atomic E-state index is 13.4. The fourth-order valence-corrected chi connectivity index (χ4v) is 5.01. The molecule has 4 nitrogen and oxygen atoms in total. The lowest BCUT2D eigenvalue weighted by molar-refractivity contribution is -0.141. The molecule has 1 heterocycles. The molecule has 1 aromatic carbocycles. The van der Waals surface area contributed by atoms with Gasteiger partial charge in [-0.05, 0) is 37.5 Å². The van der Waals surface area contributed by atoms with E-state index in [1.165, 1.54) is 0 Å². The zero-order valence-electron chi connectivity index (χ0n) is 13.7. The van der Waals surface area contributed by atoms with Crippen LogP contribution in [0.25, 0.3) is 0 Å². The highest BCUT2D eigenvalue weighted by Gasteiger charge is 2.48. The van der Waals surface area contributed by atoms with Crippen molar-refractivity contribution in [2.75, 3.05) is 18.7 Å². The maximum Gasteiger partial charge on any atom is 0.234 e. The normalized spacial score (nSPS) is 23.0. The molecule has 0 spiro atoms. The first-order valence-corrected chi connectivity index (χ1v) is 9.28. The Bertz CT molecular complexity index is 593. The highest BCUT2D eigenvalue weighted by molar-refractivity contribution is 7.99. The Kier molecular flexibility index (Phi) is 4.67. The Labute approximate surface area is 141 Å². The molecular weight excluding hydrogens is 310 g/mol. The summed E-state index contributed by atoms with van der Waals surface area (Å²) in [4.78, 5) is 27.1. The summed E-state index contributed by atoms with van der Waals surface area (Å²) in [7, 11) is 1.64. The first-order chi connectivity index (χ1) is 11.1. The Hall–Kier alpha value is -1.49. The van der Waals surface area contributed by atoms with Crippen LogP contribution < -0.4 is 4.74 Å². The number of ketones is 1. The Morgan fingerprint density at radius 2 is 1.87 bits per heavy atom. The Morgan fingerprint density at radius 1 is 1.22 bits per heavy atom. The average molecular weight is 333 g/mol. The van der Waals surface area contributed by atoms with Gasteiger partial charge < -0.3 is 9.64 Å². The van der Waals surface area contributed by atoms with Crippen molar-refractivity contribution in [2.24, 2.45) is 0 Å². The lowest BCUT2D eigenvalue weighted by Gasteiger charge is -2.34. The second-order valence-corrected chi connectivity index (χ2v) is 7.42. The molecule has 1 aromatic rings. The third kappa shape index (κ3) is 2.87. The van der Waals surface area contributed by atoms with E-state index >= 15 is 0 Å². The smallest absolute Gasteiger partial charge is 0.234 e. The van der Waals surface area contributed by atoms with Gasteiger partial charge in [-0.1, -0.05) is 25.0 Å². The molecule has 1 saturated carbocycles. The van der Waals surface area contributed by atoms with Crippen LogP contribution in [-0.4, -0.2) is 41.4 Å². The van der Waals surface area contributed by atoms with Gasteiger partial charge in [0, 0.05) is 5.75 Å². The number of amides is 1. The molecule has 0 N–H and O–H groups in total. The second kappa shape index (κ2) is 6.56. The van der Waals surface area contributed by atoms with E-state index < -0.39 is 5.41 Å². The molecule has 23 heavy (non-hydrogen) atoms. The van der Waals surface area contributed by atoms with Crippen molar-refractivity contribution in [3.8, 4) is 5.75 Å². The highest BCUT2D eigenvalue weighted by atomic mass is 32.2. The quantitative estimate of drug-likeness (QED) is 0.850. The molecule has 2 fully saturated rings. The van der Waals surface area contributed by atoms with Crippen molar-refractivity contribution in [2.45, 2.75) is 44.1 Å². The minimum Gasteiger partial charge on any atom is -0.497 e. The summed E-state index contributed by atoms with van der Waals surface area (Å²) in [5.74, 6) is 2.37. The number of Topliss-reactive ketones (excluding diaryl/α,β-unsaturated/α-hetero) is 1. The fourth-order valence-electron chi connectivity index (χ4n) is 3.77. The van der Waals surface area contributed by atoms with Crippen molar-refractivity contribution >= 4 is 23.5 Å². The van der Waals surface area contributed by atoms with Gasteiger partial charge in [0.25, 0.3) is 0 Å². The van der Waals surface area contributed by atoms with E-state index in [1.54, 1.807) is 25.8 Å². The summed E-state index contributed by atoms with van der Waals surface area (Å²) < 4.78 is 5.23. The molecule has 124 valence electrons. The largest absolute Gasteiger partial charge is 0.497 e. The van der Waals surface area contributed by atoms with E-state index in [0.29, 0.717) is 5.88 Å². The van der Waals surface area contributed by atoms with Crippen LogP contribution in [0.5, 0.6) is 5.75 Å². The van der Waals surface area contributed by atoms with Crippen molar-refractivity contribution < 1.29 is 14.3 Å². The zero-order chi connectivity index (χ0) is 16.4. The summed E-state index contributed by atoms with van der Waals surface area (Å²) in [6.07, 6.45) is 3.85. The topological polar surface area (TPSA) is 46.6 Å². The predicted molar refractivity (Wildman–Crippen MR) is 91.8 cm³/mol. The van der Waals surface area contributed by atoms with Gasteiger partial charge in [-0.3, -0.25) is 9.59 Å². The van der Waals surface area contributed by atoms with E-state index in [0.717, 1.165) is 42.7 Å². The van der Waals surface area contributed by atoms with Crippen LogP contribution in [0.15, 0.2) is 24.3 Å². The van der Waals surface area contributed by atoms with Crippen LogP contribution >= 0.6 is 11.8 Å². The van der Waals surface area contributed by atoms with Gasteiger partial charge in [-0.25, -0.2) is 0 Å². The number of methoxy groups -OCH3 is 1. The number of carbonyl (C=O) groups is 2. The third-order valence-electron chi connectivity index (χ3n) is 5.12. The Balaban J connectivity index is 1.93. The monoisotopic (exact) mass is 333 g/mol. The molecule has 1 aliphatic heterocycles. The van der Waals surface area contributed by atoms with Crippen LogP contribution in [0.2, 0.25) is 0 Å². The van der Waals surface area contributed by atoms with Crippen molar-refractivity contribution in [1.82, 2.24) is 4.90 Å². The van der Waals surface area contributed by atoms with Gasteiger partial charge in [-0.2, -0.15) is 0 Å². The number of hydrogen-bond acceptors (Lipinski definition) is 4. The lowest BCUT2D eigenvalue weighted by atomic mass is 9.77. The van der Waals surface area contributed by atoms with Crippen LogP contribution in [0.1, 0.15) is 38.2 Å². The van der Waals surface area contributed by atoms with Crippen LogP contribution in [0.3, 0.4) is 0 Å². The van der Waals surface area contributed by atoms with Crippen LogP contribution in [0, 0.1) is 0 Å². The molecule has 0 bridgehead atoms. The molecule has 1 amide bonds. The van der Waals surface area contributed by atoms with Gasteiger partial charge in [0.2, 0.25) is 5.91 Å². The van der Waals surface area contributed by atoms with Gasteiger partial charge in [0.15, 0.2) is 5.78 Å². The van der Waals surface area contributed by atoms with E-state index in [-0.39, 0.29) is 17.7 Å². The number of rotatable bonds is 4. The minimum atomic E-state index is -0.467. The van der Waals surface area contributed by atoms with Gasteiger partial charge in [0.1, 0.15) is 5.75 Å². The first kappa shape index (κ1) is 16.4. The maximum absolute atomic E-state index is 13.4. The molecule has 1 aliphatic carbocycles. The fraction of sp³-hybridized carbons (Fsp3) is 0.556. The van der Waals surface area contributed by atoms with E-state index in [4.69, 9.17) is 4.74 Å². The highest BCUT2D eigenvalue weighted by Crippen LogP contribution is 2.44. The number of nitrogens with zero attached hydrogens (tertiary/aromatic N) is 1. The third-order valence-corrected chi connectivity index (χ3v) is 6.13. The average Bonchev–Trinajstić information content (AvgIpc) is 3.24. The van der Waals surface area contributed by atoms with E-state index in [2.05, 4.69) is 0 Å². The number of hydrogen-bond donors (Lipinski definition) is 0. The Morgan fingerprint density at radius 3 is 2.43 bits per heavy atom. The zero-order valence-corrected chi connectivity index (χ0v) is 14.5. The molecule has 0 unspecified atom stereocenters. The number of ether oxygens (including phenoxy) is 1. The molecule has 0 aromatic heterocycles. The number of carbonyl (C=O) groups excluding carboxylic acids is 2. The van der Waals surface area contributed by atoms with Crippen LogP contribution in [0.4, 0.5) is 0 Å². The van der Waals surface area contributed by atoms with Crippen LogP contribution in [-0.2, 0) is 15.0 Å². The molecule has 5 heteroatoms. The lowest BCUT2D eigenvalue weighted by Crippen LogP contribution is -2.50. The molecular formula is C18H23NO3S. The van der Waals surface area contributed by atoms with Crippen molar-refractivity contribution in [3.63, 3.8) is 0 Å². The molecule has 2 aliphatic rings. The summed E-state index contributed by atoms with van der Waals surface area (Å²) in [6, 6.07) is 7.60. The molecule has 1 atom stereocenters. The molecule has 1 saturated heterocycles. The summed E-state index contributed by atoms with van der Waals surface area (Å²) in [5, 5.41) is 0. The summed E-state index contributed by atoms with van der Waals surface area (Å²) >= 11 is 1.67. The second-order valence-electron chi connectivity index (χ2n) is 6.42. The standard InChI is InChI=1S/C18H23NO3S/c1-13(20)16-11-23-12-19(16)17(21)18(9-3-4-10-18)14-5-7-15(22-2)8-6-14/h5-8,16H,3-4,9-12H2,1-2H3/t16-/m1/s1. The summed E-state index contributed by atoms with van der Waals surface area (Å²) in [6.45, 7) is 1.59. The predicted octanol–water partition coefficient (Wildman–Crippen LogP) is 3.00. The number of benzene rings is 1. The first-order valence-electron chi connectivity index (χ1n) is 8.12. The van der Waals surface area contributed by atoms with Gasteiger partial charge in [0.05, 0.1) is 24.4 Å². The van der Waals surface area contributed by atoms with Crippen molar-refractivity contribution in [1.29, 1.82) is 0 Å². The minimum absolute atomic E-state index is 0.0891. The van der Waals surface area contributed by atoms with Gasteiger partial charge >= 0.3 is 0 Å². The van der Waals surface area contributed by atoms with Crippen molar-refractivity contribution in [3.05, 3.63) is 29.8 Å². The molecule has 0 radical (unpaired) electrons. The van der Waals surface area contributed by atoms with Gasteiger partial charge in [-0.15, -0.1) is 11.8 Å². The van der Waals surface area contributed by atoms with E-state index in [1.807, 2.05) is 29.2 Å². The summed E-state index contributed by atoms with van der Waals surface area (Å²) in [5.41, 5.74) is 0.588.